The van der Waals surface area contributed by atoms with Gasteiger partial charge in [0.15, 0.2) is 0 Å². The van der Waals surface area contributed by atoms with E-state index in [9.17, 15) is 4.79 Å². The Bertz CT molecular complexity index is 202. The lowest BCUT2D eigenvalue weighted by Gasteiger charge is -2.26. The van der Waals surface area contributed by atoms with Crippen LogP contribution in [0.3, 0.4) is 0 Å². The highest BCUT2D eigenvalue weighted by atomic mass is 16.2. The van der Waals surface area contributed by atoms with E-state index in [1.54, 1.807) is 0 Å². The van der Waals surface area contributed by atoms with Gasteiger partial charge in [-0.3, -0.25) is 4.79 Å². The number of amides is 1. The zero-order valence-corrected chi connectivity index (χ0v) is 11.2. The van der Waals surface area contributed by atoms with E-state index in [4.69, 9.17) is 0 Å². The fraction of sp³-hybridized carbons (Fsp3) is 0.929. The number of hydrogen-bond acceptors (Lipinski definition) is 1. The van der Waals surface area contributed by atoms with Crippen LogP contribution in [0, 0.1) is 11.8 Å². The smallest absolute Gasteiger partial charge is 0.225 e. The molecule has 2 fully saturated rings. The van der Waals surface area contributed by atoms with Gasteiger partial charge in [0.2, 0.25) is 5.91 Å². The van der Waals surface area contributed by atoms with Gasteiger partial charge in [0.05, 0.1) is 0 Å². The number of hydrogen-bond donors (Lipinski definition) is 0. The molecule has 2 rings (SSSR count). The fourth-order valence-corrected chi connectivity index (χ4v) is 2.74. The molecule has 0 bridgehead atoms. The van der Waals surface area contributed by atoms with Crippen molar-refractivity contribution in [3.8, 4) is 0 Å². The normalized spacial score (nSPS) is 26.2. The molecule has 2 nitrogen and oxygen atoms in total. The third-order valence-corrected chi connectivity index (χ3v) is 3.69. The van der Waals surface area contributed by atoms with Crippen molar-refractivity contribution < 1.29 is 4.79 Å². The Morgan fingerprint density at radius 3 is 2.19 bits per heavy atom. The van der Waals surface area contributed by atoms with Gasteiger partial charge in [-0.25, -0.2) is 0 Å². The van der Waals surface area contributed by atoms with Crippen molar-refractivity contribution in [2.45, 2.75) is 59.3 Å². The van der Waals surface area contributed by atoms with Crippen molar-refractivity contribution in [3.63, 3.8) is 0 Å². The molecule has 1 saturated carbocycles. The van der Waals surface area contributed by atoms with Crippen LogP contribution < -0.4 is 0 Å². The highest BCUT2D eigenvalue weighted by Crippen LogP contribution is 2.27. The van der Waals surface area contributed by atoms with Gasteiger partial charge >= 0.3 is 0 Å². The zero-order chi connectivity index (χ0) is 12.0. The van der Waals surface area contributed by atoms with E-state index in [-0.39, 0.29) is 0 Å². The summed E-state index contributed by atoms with van der Waals surface area (Å²) in [5, 5.41) is 0. The Hall–Kier alpha value is -0.530. The largest absolute Gasteiger partial charge is 0.342 e. The summed E-state index contributed by atoms with van der Waals surface area (Å²) in [6.45, 7) is 8.26. The van der Waals surface area contributed by atoms with Gasteiger partial charge in [-0.15, -0.1) is 0 Å². The Morgan fingerprint density at radius 2 is 1.69 bits per heavy atom. The lowest BCUT2D eigenvalue weighted by Crippen LogP contribution is -2.35. The first-order chi connectivity index (χ1) is 7.77. The van der Waals surface area contributed by atoms with E-state index >= 15 is 0 Å². The van der Waals surface area contributed by atoms with Gasteiger partial charge in [-0.1, -0.05) is 40.0 Å². The second kappa shape index (κ2) is 6.93. The summed E-state index contributed by atoms with van der Waals surface area (Å²) in [5.41, 5.74) is 0. The van der Waals surface area contributed by atoms with Crippen LogP contribution in [0.5, 0.6) is 0 Å². The summed E-state index contributed by atoms with van der Waals surface area (Å²) in [4.78, 5) is 14.2. The van der Waals surface area contributed by atoms with Gasteiger partial charge in [0, 0.05) is 19.0 Å². The van der Waals surface area contributed by atoms with E-state index in [1.165, 1.54) is 25.7 Å². The minimum absolute atomic E-state index is 0.369. The number of likely N-dealkylation sites (tertiary alicyclic amines) is 1. The lowest BCUT2D eigenvalue weighted by molar-refractivity contribution is -0.135. The Morgan fingerprint density at radius 1 is 1.06 bits per heavy atom. The van der Waals surface area contributed by atoms with Crippen LogP contribution in [0.15, 0.2) is 0 Å². The molecular weight excluding hydrogens is 198 g/mol. The Balaban J connectivity index is 0.000000606. The molecular formula is C14H27NO. The third kappa shape index (κ3) is 3.50. The summed E-state index contributed by atoms with van der Waals surface area (Å²) in [6, 6.07) is 0. The molecule has 0 aromatic rings. The van der Waals surface area contributed by atoms with Gasteiger partial charge in [0.25, 0.3) is 0 Å². The number of nitrogens with zero attached hydrogens (tertiary/aromatic N) is 1. The first-order valence-electron chi connectivity index (χ1n) is 7.06. The summed E-state index contributed by atoms with van der Waals surface area (Å²) >= 11 is 0. The highest BCUT2D eigenvalue weighted by molar-refractivity contribution is 5.79. The van der Waals surface area contributed by atoms with Crippen LogP contribution in [0.1, 0.15) is 59.3 Å². The zero-order valence-electron chi connectivity index (χ0n) is 11.2. The molecule has 0 aromatic carbocycles. The van der Waals surface area contributed by atoms with Crippen molar-refractivity contribution >= 4 is 5.91 Å². The Kier molecular flexibility index (Phi) is 5.86. The van der Waals surface area contributed by atoms with Crippen molar-refractivity contribution in [1.82, 2.24) is 4.90 Å². The van der Waals surface area contributed by atoms with Crippen LogP contribution in [0.2, 0.25) is 0 Å². The Labute approximate surface area is 100 Å². The molecule has 1 saturated heterocycles. The number of rotatable bonds is 1. The quantitative estimate of drug-likeness (QED) is 0.669. The molecule has 1 heterocycles. The van der Waals surface area contributed by atoms with Crippen LogP contribution in [-0.4, -0.2) is 23.9 Å². The van der Waals surface area contributed by atoms with Gasteiger partial charge in [-0.2, -0.15) is 0 Å². The van der Waals surface area contributed by atoms with E-state index < -0.39 is 0 Å². The highest BCUT2D eigenvalue weighted by Gasteiger charge is 2.29. The molecule has 16 heavy (non-hydrogen) atoms. The maximum Gasteiger partial charge on any atom is 0.225 e. The SMILES string of the molecule is CC.CC1CCN(C(=O)C2CCCCC2)C1. The molecule has 1 amide bonds. The molecule has 0 aromatic heterocycles. The first-order valence-corrected chi connectivity index (χ1v) is 7.06. The average molecular weight is 225 g/mol. The fourth-order valence-electron chi connectivity index (χ4n) is 2.74. The number of carbonyl (C=O) groups excluding carboxylic acids is 1. The standard InChI is InChI=1S/C12H21NO.C2H6/c1-10-7-8-13(9-10)12(14)11-5-3-2-4-6-11;1-2/h10-11H,2-9H2,1H3;1-2H3. The van der Waals surface area contributed by atoms with E-state index in [1.807, 2.05) is 13.8 Å². The van der Waals surface area contributed by atoms with Gasteiger partial charge in [0.1, 0.15) is 0 Å². The van der Waals surface area contributed by atoms with E-state index in [0.717, 1.165) is 31.8 Å². The topological polar surface area (TPSA) is 20.3 Å². The predicted octanol–water partition coefficient (Wildman–Crippen LogP) is 3.46. The third-order valence-electron chi connectivity index (χ3n) is 3.69. The minimum Gasteiger partial charge on any atom is -0.342 e. The molecule has 1 atom stereocenters. The summed E-state index contributed by atoms with van der Waals surface area (Å²) in [7, 11) is 0. The summed E-state index contributed by atoms with van der Waals surface area (Å²) in [6.07, 6.45) is 7.35. The molecule has 94 valence electrons. The lowest BCUT2D eigenvalue weighted by atomic mass is 9.88. The molecule has 2 heteroatoms. The number of carbonyl (C=O) groups is 1. The van der Waals surface area contributed by atoms with Crippen molar-refractivity contribution in [2.24, 2.45) is 11.8 Å². The minimum atomic E-state index is 0.369. The molecule has 0 N–H and O–H groups in total. The average Bonchev–Trinajstić information content (AvgIpc) is 2.79. The van der Waals surface area contributed by atoms with Crippen LogP contribution >= 0.6 is 0 Å². The van der Waals surface area contributed by atoms with Crippen LogP contribution in [-0.2, 0) is 4.79 Å². The maximum absolute atomic E-state index is 12.1. The van der Waals surface area contributed by atoms with E-state index in [2.05, 4.69) is 11.8 Å². The molecule has 0 spiro atoms. The molecule has 1 aliphatic heterocycles. The monoisotopic (exact) mass is 225 g/mol. The van der Waals surface area contributed by atoms with E-state index in [0.29, 0.717) is 11.8 Å². The van der Waals surface area contributed by atoms with Crippen LogP contribution in [0.4, 0.5) is 0 Å². The maximum atomic E-state index is 12.1. The first kappa shape index (κ1) is 13.5. The van der Waals surface area contributed by atoms with Gasteiger partial charge in [-0.05, 0) is 25.2 Å². The molecule has 2 aliphatic rings. The van der Waals surface area contributed by atoms with Crippen molar-refractivity contribution in [1.29, 1.82) is 0 Å². The second-order valence-corrected chi connectivity index (χ2v) is 5.01. The molecule has 1 unspecified atom stereocenters. The van der Waals surface area contributed by atoms with Gasteiger partial charge < -0.3 is 4.90 Å². The summed E-state index contributed by atoms with van der Waals surface area (Å²) < 4.78 is 0. The molecule has 0 radical (unpaired) electrons. The predicted molar refractivity (Wildman–Crippen MR) is 68.3 cm³/mol. The van der Waals surface area contributed by atoms with Crippen LogP contribution in [0.25, 0.3) is 0 Å². The summed E-state index contributed by atoms with van der Waals surface area (Å²) in [5.74, 6) is 1.55. The van der Waals surface area contributed by atoms with Crippen molar-refractivity contribution in [3.05, 3.63) is 0 Å². The second-order valence-electron chi connectivity index (χ2n) is 5.01. The van der Waals surface area contributed by atoms with Crippen molar-refractivity contribution in [2.75, 3.05) is 13.1 Å². The molecule has 1 aliphatic carbocycles.